The summed E-state index contributed by atoms with van der Waals surface area (Å²) >= 11 is 4.92. The predicted octanol–water partition coefficient (Wildman–Crippen LogP) is 5.93. The van der Waals surface area contributed by atoms with Crippen LogP contribution >= 0.6 is 27.3 Å². The average molecular weight is 362 g/mol. The molecule has 3 rings (SSSR count). The molecule has 0 aliphatic carbocycles. The van der Waals surface area contributed by atoms with E-state index in [4.69, 9.17) is 0 Å². The van der Waals surface area contributed by atoms with Gasteiger partial charge in [-0.15, -0.1) is 11.3 Å². The van der Waals surface area contributed by atoms with Gasteiger partial charge in [0, 0.05) is 17.1 Å². The minimum atomic E-state index is -0.247. The van der Waals surface area contributed by atoms with Gasteiger partial charge in [-0.3, -0.25) is 0 Å². The molecule has 1 nitrogen and oxygen atoms in total. The van der Waals surface area contributed by atoms with Crippen molar-refractivity contribution in [3.05, 3.63) is 75.1 Å². The summed E-state index contributed by atoms with van der Waals surface area (Å²) in [5, 5.41) is 5.47. The third kappa shape index (κ3) is 3.52. The number of rotatable bonds is 4. The Balaban J connectivity index is 1.69. The topological polar surface area (TPSA) is 12.0 Å². The molecule has 21 heavy (non-hydrogen) atoms. The smallest absolute Gasteiger partial charge is 0.137 e. The molecular formula is C17H13BrFNS. The second-order valence-corrected chi connectivity index (χ2v) is 6.50. The Morgan fingerprint density at radius 1 is 1.00 bits per heavy atom. The summed E-state index contributed by atoms with van der Waals surface area (Å²) in [5.74, 6) is -0.247. The van der Waals surface area contributed by atoms with Crippen LogP contribution in [-0.2, 0) is 6.54 Å². The molecular weight excluding hydrogens is 349 g/mol. The summed E-state index contributed by atoms with van der Waals surface area (Å²) in [5.41, 5.74) is 3.36. The van der Waals surface area contributed by atoms with Gasteiger partial charge in [0.15, 0.2) is 0 Å². The van der Waals surface area contributed by atoms with Crippen LogP contribution in [-0.4, -0.2) is 0 Å². The van der Waals surface area contributed by atoms with Crippen molar-refractivity contribution in [2.45, 2.75) is 6.54 Å². The van der Waals surface area contributed by atoms with Gasteiger partial charge in [-0.2, -0.15) is 0 Å². The lowest BCUT2D eigenvalue weighted by atomic mass is 10.1. The Kier molecular flexibility index (Phi) is 4.36. The lowest BCUT2D eigenvalue weighted by molar-refractivity contribution is 0.621. The van der Waals surface area contributed by atoms with Crippen LogP contribution in [0.3, 0.4) is 0 Å². The fraction of sp³-hybridized carbons (Fsp3) is 0.0588. The highest BCUT2D eigenvalue weighted by molar-refractivity contribution is 9.10. The number of halogens is 2. The van der Waals surface area contributed by atoms with Crippen LogP contribution in [0.5, 0.6) is 0 Å². The van der Waals surface area contributed by atoms with E-state index in [0.717, 1.165) is 12.2 Å². The maximum atomic E-state index is 13.2. The zero-order valence-corrected chi connectivity index (χ0v) is 13.5. The van der Waals surface area contributed by atoms with Crippen molar-refractivity contribution in [1.82, 2.24) is 0 Å². The van der Waals surface area contributed by atoms with Crippen LogP contribution in [0.1, 0.15) is 4.88 Å². The third-order valence-corrected chi connectivity index (χ3v) is 4.69. The Labute approximate surface area is 135 Å². The zero-order chi connectivity index (χ0) is 14.7. The standard InChI is InChI=1S/C17H13BrFNS/c18-16-9-14(6-7-17(16)19)20-10-15-8-13(11-21-15)12-4-2-1-3-5-12/h1-9,11,20H,10H2. The molecule has 0 saturated heterocycles. The Morgan fingerprint density at radius 2 is 1.81 bits per heavy atom. The molecule has 0 fully saturated rings. The van der Waals surface area contributed by atoms with Gasteiger partial charge in [0.2, 0.25) is 0 Å². The van der Waals surface area contributed by atoms with Gasteiger partial charge >= 0.3 is 0 Å². The molecule has 2 aromatic carbocycles. The molecule has 0 bridgehead atoms. The summed E-state index contributed by atoms with van der Waals surface area (Å²) in [6, 6.07) is 17.5. The van der Waals surface area contributed by atoms with Crippen molar-refractivity contribution in [3.63, 3.8) is 0 Å². The maximum absolute atomic E-state index is 13.2. The first-order chi connectivity index (χ1) is 10.2. The van der Waals surface area contributed by atoms with E-state index in [0.29, 0.717) is 4.47 Å². The summed E-state index contributed by atoms with van der Waals surface area (Å²) in [4.78, 5) is 1.24. The van der Waals surface area contributed by atoms with Gasteiger partial charge in [0.25, 0.3) is 0 Å². The number of nitrogens with one attached hydrogen (secondary N) is 1. The monoisotopic (exact) mass is 361 g/mol. The molecule has 1 aromatic heterocycles. The minimum absolute atomic E-state index is 0.247. The summed E-state index contributed by atoms with van der Waals surface area (Å²) < 4.78 is 13.7. The first-order valence-electron chi connectivity index (χ1n) is 6.54. The summed E-state index contributed by atoms with van der Waals surface area (Å²) in [6.45, 7) is 0.732. The van der Waals surface area contributed by atoms with Gasteiger partial charge in [-0.25, -0.2) is 4.39 Å². The molecule has 4 heteroatoms. The highest BCUT2D eigenvalue weighted by Crippen LogP contribution is 2.26. The van der Waals surface area contributed by atoms with E-state index in [1.54, 1.807) is 23.5 Å². The molecule has 0 amide bonds. The molecule has 1 N–H and O–H groups in total. The van der Waals surface area contributed by atoms with Crippen LogP contribution in [0.4, 0.5) is 10.1 Å². The lowest BCUT2D eigenvalue weighted by Gasteiger charge is -2.05. The SMILES string of the molecule is Fc1ccc(NCc2cc(-c3ccccc3)cs2)cc1Br. The third-order valence-electron chi connectivity index (χ3n) is 3.15. The fourth-order valence-corrected chi connectivity index (χ4v) is 3.26. The Hall–Kier alpha value is -1.65. The van der Waals surface area contributed by atoms with E-state index in [-0.39, 0.29) is 5.82 Å². The number of thiophene rings is 1. The van der Waals surface area contributed by atoms with Gasteiger partial charge < -0.3 is 5.32 Å². The summed E-state index contributed by atoms with van der Waals surface area (Å²) in [7, 11) is 0. The summed E-state index contributed by atoms with van der Waals surface area (Å²) in [6.07, 6.45) is 0. The van der Waals surface area contributed by atoms with E-state index < -0.39 is 0 Å². The molecule has 0 spiro atoms. The van der Waals surface area contributed by atoms with Gasteiger partial charge in [-0.05, 0) is 56.7 Å². The first-order valence-corrected chi connectivity index (χ1v) is 8.21. The van der Waals surface area contributed by atoms with Crippen molar-refractivity contribution in [2.75, 3.05) is 5.32 Å². The second-order valence-electron chi connectivity index (χ2n) is 4.65. The van der Waals surface area contributed by atoms with Crippen molar-refractivity contribution >= 4 is 33.0 Å². The molecule has 0 unspecified atom stereocenters. The van der Waals surface area contributed by atoms with Crippen LogP contribution < -0.4 is 5.32 Å². The molecule has 0 radical (unpaired) electrons. The van der Waals surface area contributed by atoms with Crippen LogP contribution in [0, 0.1) is 5.82 Å². The van der Waals surface area contributed by atoms with E-state index in [9.17, 15) is 4.39 Å². The Morgan fingerprint density at radius 3 is 2.57 bits per heavy atom. The van der Waals surface area contributed by atoms with E-state index in [1.165, 1.54) is 22.1 Å². The number of benzene rings is 2. The van der Waals surface area contributed by atoms with E-state index >= 15 is 0 Å². The highest BCUT2D eigenvalue weighted by atomic mass is 79.9. The second kappa shape index (κ2) is 6.41. The van der Waals surface area contributed by atoms with Crippen LogP contribution in [0.2, 0.25) is 0 Å². The zero-order valence-electron chi connectivity index (χ0n) is 11.1. The minimum Gasteiger partial charge on any atom is -0.380 e. The van der Waals surface area contributed by atoms with E-state index in [2.05, 4.69) is 44.8 Å². The average Bonchev–Trinajstić information content (AvgIpc) is 2.98. The van der Waals surface area contributed by atoms with Crippen molar-refractivity contribution in [2.24, 2.45) is 0 Å². The molecule has 3 aromatic rings. The highest BCUT2D eigenvalue weighted by Gasteiger charge is 2.03. The predicted molar refractivity (Wildman–Crippen MR) is 91.2 cm³/mol. The molecule has 106 valence electrons. The largest absolute Gasteiger partial charge is 0.380 e. The molecule has 0 saturated carbocycles. The Bertz CT molecular complexity index is 740. The van der Waals surface area contributed by atoms with Crippen molar-refractivity contribution in [3.8, 4) is 11.1 Å². The van der Waals surface area contributed by atoms with E-state index in [1.807, 2.05) is 18.2 Å². The molecule has 0 atom stereocenters. The number of anilines is 1. The van der Waals surface area contributed by atoms with Gasteiger partial charge in [0.1, 0.15) is 5.82 Å². The first kappa shape index (κ1) is 14.3. The van der Waals surface area contributed by atoms with Crippen molar-refractivity contribution in [1.29, 1.82) is 0 Å². The molecule has 1 heterocycles. The van der Waals surface area contributed by atoms with Crippen molar-refractivity contribution < 1.29 is 4.39 Å². The van der Waals surface area contributed by atoms with Crippen LogP contribution in [0.15, 0.2) is 64.5 Å². The van der Waals surface area contributed by atoms with Crippen LogP contribution in [0.25, 0.3) is 11.1 Å². The lowest BCUT2D eigenvalue weighted by Crippen LogP contribution is -1.97. The maximum Gasteiger partial charge on any atom is 0.137 e. The quantitative estimate of drug-likeness (QED) is 0.607. The molecule has 0 aliphatic heterocycles. The van der Waals surface area contributed by atoms with Gasteiger partial charge in [0.05, 0.1) is 4.47 Å². The van der Waals surface area contributed by atoms with Gasteiger partial charge in [-0.1, -0.05) is 30.3 Å². The molecule has 0 aliphatic rings. The number of hydrogen-bond donors (Lipinski definition) is 1. The normalized spacial score (nSPS) is 10.6. The number of hydrogen-bond acceptors (Lipinski definition) is 2. The fourth-order valence-electron chi connectivity index (χ4n) is 2.05.